The van der Waals surface area contributed by atoms with E-state index in [1.807, 2.05) is 0 Å². The average molecular weight is 213 g/mol. The second-order valence-corrected chi connectivity index (χ2v) is 4.06. The smallest absolute Gasteiger partial charge is 0.0766 e. The first-order chi connectivity index (χ1) is 7.17. The third kappa shape index (κ3) is 5.95. The van der Waals surface area contributed by atoms with Gasteiger partial charge in [-0.3, -0.25) is 0 Å². The fourth-order valence-electron chi connectivity index (χ4n) is 1.77. The first-order valence-electron chi connectivity index (χ1n) is 6.17. The molecule has 0 bridgehead atoms. The van der Waals surface area contributed by atoms with Crippen molar-refractivity contribution in [2.24, 2.45) is 0 Å². The Morgan fingerprint density at radius 2 is 1.93 bits per heavy atom. The molecule has 0 radical (unpaired) electrons. The number of rotatable bonds is 9. The Morgan fingerprint density at radius 1 is 1.27 bits per heavy atom. The Bertz CT molecular complexity index is 162. The minimum absolute atomic E-state index is 0.282. The van der Waals surface area contributed by atoms with Crippen LogP contribution in [0.25, 0.3) is 0 Å². The molecule has 2 heteroatoms. The van der Waals surface area contributed by atoms with Gasteiger partial charge in [-0.25, -0.2) is 0 Å². The van der Waals surface area contributed by atoms with Crippen LogP contribution in [0.2, 0.25) is 0 Å². The Morgan fingerprint density at radius 3 is 2.33 bits per heavy atom. The van der Waals surface area contributed by atoms with E-state index in [2.05, 4.69) is 39.6 Å². The lowest BCUT2D eigenvalue weighted by molar-refractivity contribution is 0.0370. The standard InChI is InChI=1S/C13H27NO/c1-6-9-12(15-8-3)13(11(4)5)14-10-7-2/h12-14H,4,6-10H2,1-3,5H3. The third-order valence-corrected chi connectivity index (χ3v) is 2.47. The van der Waals surface area contributed by atoms with E-state index in [0.717, 1.165) is 32.4 Å². The maximum absolute atomic E-state index is 5.78. The topological polar surface area (TPSA) is 21.3 Å². The molecule has 0 rings (SSSR count). The highest BCUT2D eigenvalue weighted by molar-refractivity contribution is 5.05. The summed E-state index contributed by atoms with van der Waals surface area (Å²) in [6, 6.07) is 0.310. The van der Waals surface area contributed by atoms with Gasteiger partial charge in [0.25, 0.3) is 0 Å². The van der Waals surface area contributed by atoms with E-state index in [1.54, 1.807) is 0 Å². The van der Waals surface area contributed by atoms with Gasteiger partial charge in [0.1, 0.15) is 0 Å². The van der Waals surface area contributed by atoms with Crippen molar-refractivity contribution in [1.82, 2.24) is 5.32 Å². The van der Waals surface area contributed by atoms with Gasteiger partial charge in [0.2, 0.25) is 0 Å². The number of ether oxygens (including phenoxy) is 1. The first-order valence-corrected chi connectivity index (χ1v) is 6.17. The molecule has 0 saturated heterocycles. The molecule has 90 valence electrons. The zero-order valence-corrected chi connectivity index (χ0v) is 10.8. The maximum atomic E-state index is 5.78. The van der Waals surface area contributed by atoms with Crippen LogP contribution in [0.5, 0.6) is 0 Å². The van der Waals surface area contributed by atoms with Crippen LogP contribution in [-0.2, 0) is 4.74 Å². The van der Waals surface area contributed by atoms with Crippen molar-refractivity contribution in [1.29, 1.82) is 0 Å². The summed E-state index contributed by atoms with van der Waals surface area (Å²) < 4.78 is 5.78. The van der Waals surface area contributed by atoms with Gasteiger partial charge in [-0.15, -0.1) is 0 Å². The minimum Gasteiger partial charge on any atom is -0.377 e. The van der Waals surface area contributed by atoms with Crippen molar-refractivity contribution < 1.29 is 4.74 Å². The summed E-state index contributed by atoms with van der Waals surface area (Å²) in [5.74, 6) is 0. The van der Waals surface area contributed by atoms with Gasteiger partial charge < -0.3 is 10.1 Å². The van der Waals surface area contributed by atoms with Gasteiger partial charge in [-0.1, -0.05) is 32.4 Å². The lowest BCUT2D eigenvalue weighted by Gasteiger charge is -2.28. The Hall–Kier alpha value is -0.340. The third-order valence-electron chi connectivity index (χ3n) is 2.47. The fraction of sp³-hybridized carbons (Fsp3) is 0.846. The zero-order valence-electron chi connectivity index (χ0n) is 10.8. The summed E-state index contributed by atoms with van der Waals surface area (Å²) in [5.41, 5.74) is 1.18. The van der Waals surface area contributed by atoms with Gasteiger partial charge in [0, 0.05) is 6.61 Å². The van der Waals surface area contributed by atoms with Crippen molar-refractivity contribution in [3.05, 3.63) is 12.2 Å². The van der Waals surface area contributed by atoms with Crippen LogP contribution < -0.4 is 5.32 Å². The molecule has 0 amide bonds. The van der Waals surface area contributed by atoms with Crippen LogP contribution in [-0.4, -0.2) is 25.3 Å². The van der Waals surface area contributed by atoms with Crippen molar-refractivity contribution in [3.63, 3.8) is 0 Å². The van der Waals surface area contributed by atoms with Crippen LogP contribution in [0.4, 0.5) is 0 Å². The molecule has 0 heterocycles. The van der Waals surface area contributed by atoms with Crippen LogP contribution in [0.3, 0.4) is 0 Å². The van der Waals surface area contributed by atoms with E-state index >= 15 is 0 Å². The largest absolute Gasteiger partial charge is 0.377 e. The molecule has 0 spiro atoms. The molecular formula is C13H27NO. The quantitative estimate of drug-likeness (QED) is 0.594. The maximum Gasteiger partial charge on any atom is 0.0766 e. The van der Waals surface area contributed by atoms with Crippen molar-refractivity contribution in [2.45, 2.75) is 59.1 Å². The van der Waals surface area contributed by atoms with Crippen molar-refractivity contribution in [3.8, 4) is 0 Å². The summed E-state index contributed by atoms with van der Waals surface area (Å²) in [4.78, 5) is 0. The van der Waals surface area contributed by atoms with Crippen LogP contribution in [0, 0.1) is 0 Å². The van der Waals surface area contributed by atoms with Crippen LogP contribution >= 0.6 is 0 Å². The Balaban J connectivity index is 4.30. The monoisotopic (exact) mass is 213 g/mol. The minimum atomic E-state index is 0.282. The Kier molecular flexibility index (Phi) is 8.73. The summed E-state index contributed by atoms with van der Waals surface area (Å²) >= 11 is 0. The van der Waals surface area contributed by atoms with E-state index in [-0.39, 0.29) is 6.10 Å². The predicted octanol–water partition coefficient (Wildman–Crippen LogP) is 3.14. The molecule has 0 saturated carbocycles. The van der Waals surface area contributed by atoms with Gasteiger partial charge in [-0.2, -0.15) is 0 Å². The molecule has 2 unspecified atom stereocenters. The van der Waals surface area contributed by atoms with Crippen molar-refractivity contribution >= 4 is 0 Å². The lowest BCUT2D eigenvalue weighted by Crippen LogP contribution is -2.42. The highest BCUT2D eigenvalue weighted by Crippen LogP contribution is 2.13. The van der Waals surface area contributed by atoms with E-state index in [1.165, 1.54) is 5.57 Å². The second kappa shape index (κ2) is 8.93. The number of hydrogen-bond acceptors (Lipinski definition) is 2. The molecule has 0 aromatic rings. The molecule has 0 aliphatic carbocycles. The fourth-order valence-corrected chi connectivity index (χ4v) is 1.77. The van der Waals surface area contributed by atoms with Crippen LogP contribution in [0.1, 0.15) is 47.0 Å². The predicted molar refractivity (Wildman–Crippen MR) is 67.2 cm³/mol. The molecular weight excluding hydrogens is 186 g/mol. The van der Waals surface area contributed by atoms with E-state index in [0.29, 0.717) is 6.04 Å². The number of nitrogens with one attached hydrogen (secondary N) is 1. The highest BCUT2D eigenvalue weighted by Gasteiger charge is 2.20. The Labute approximate surface area is 95.1 Å². The highest BCUT2D eigenvalue weighted by atomic mass is 16.5. The lowest BCUT2D eigenvalue weighted by atomic mass is 10.00. The molecule has 2 atom stereocenters. The molecule has 0 aliphatic rings. The van der Waals surface area contributed by atoms with Crippen LogP contribution in [0.15, 0.2) is 12.2 Å². The summed E-state index contributed by atoms with van der Waals surface area (Å²) in [6.07, 6.45) is 3.68. The van der Waals surface area contributed by atoms with Gasteiger partial charge in [0.15, 0.2) is 0 Å². The number of hydrogen-bond donors (Lipinski definition) is 1. The molecule has 2 nitrogen and oxygen atoms in total. The first kappa shape index (κ1) is 14.7. The van der Waals surface area contributed by atoms with Gasteiger partial charge in [-0.05, 0) is 33.2 Å². The van der Waals surface area contributed by atoms with Crippen molar-refractivity contribution in [2.75, 3.05) is 13.2 Å². The molecule has 0 aliphatic heterocycles. The normalized spacial score (nSPS) is 14.9. The summed E-state index contributed by atoms with van der Waals surface area (Å²) in [5, 5.41) is 3.51. The zero-order chi connectivity index (χ0) is 11.7. The van der Waals surface area contributed by atoms with E-state index in [9.17, 15) is 0 Å². The molecule has 0 aromatic heterocycles. The van der Waals surface area contributed by atoms with E-state index < -0.39 is 0 Å². The molecule has 1 N–H and O–H groups in total. The second-order valence-electron chi connectivity index (χ2n) is 4.06. The summed E-state index contributed by atoms with van der Waals surface area (Å²) in [6.45, 7) is 14.4. The summed E-state index contributed by atoms with van der Waals surface area (Å²) in [7, 11) is 0. The average Bonchev–Trinajstić information content (AvgIpc) is 2.18. The molecule has 15 heavy (non-hydrogen) atoms. The SMILES string of the molecule is C=C(C)C(NCCC)C(CCC)OCC. The molecule has 0 aromatic carbocycles. The van der Waals surface area contributed by atoms with Gasteiger partial charge >= 0.3 is 0 Å². The van der Waals surface area contributed by atoms with E-state index in [4.69, 9.17) is 4.74 Å². The molecule has 0 fully saturated rings. The van der Waals surface area contributed by atoms with Gasteiger partial charge in [0.05, 0.1) is 12.1 Å².